The first-order valence-corrected chi connectivity index (χ1v) is 16.2. The van der Waals surface area contributed by atoms with E-state index in [1.807, 2.05) is 0 Å². The fourth-order valence-corrected chi connectivity index (χ4v) is 5.23. The maximum Gasteiger partial charge on any atom is 0.343 e. The van der Waals surface area contributed by atoms with Gasteiger partial charge < -0.3 is 29.2 Å². The van der Waals surface area contributed by atoms with Crippen molar-refractivity contribution in [3.05, 3.63) is 144 Å². The van der Waals surface area contributed by atoms with Gasteiger partial charge in [0.2, 0.25) is 0 Å². The summed E-state index contributed by atoms with van der Waals surface area (Å²) in [6, 6.07) is 31.9. The van der Waals surface area contributed by atoms with Crippen LogP contribution in [0.3, 0.4) is 0 Å². The molecule has 10 nitrogen and oxygen atoms in total. The highest BCUT2D eigenvalue weighted by atomic mass is 16.5. The lowest BCUT2D eigenvalue weighted by Gasteiger charge is -2.09. The molecule has 6 rings (SSSR count). The molecule has 10 heteroatoms. The van der Waals surface area contributed by atoms with E-state index < -0.39 is 23.9 Å². The molecule has 0 amide bonds. The number of unbranched alkanes of at least 4 members (excludes halogenated alkanes) is 2. The quantitative estimate of drug-likeness (QED) is 0.0738. The number of rotatable bonds is 12. The predicted octanol–water partition coefficient (Wildman–Crippen LogP) is 8.03. The van der Waals surface area contributed by atoms with Gasteiger partial charge in [0.1, 0.15) is 23.0 Å². The van der Waals surface area contributed by atoms with Gasteiger partial charge in [-0.15, -0.1) is 0 Å². The minimum Gasteiger partial charge on any atom is -0.508 e. The van der Waals surface area contributed by atoms with E-state index in [4.69, 9.17) is 18.9 Å². The molecular weight excluding hydrogens is 652 g/mol. The lowest BCUT2D eigenvalue weighted by Crippen LogP contribution is -2.09. The van der Waals surface area contributed by atoms with Crippen molar-refractivity contribution >= 4 is 45.4 Å². The molecule has 0 unspecified atom stereocenters. The number of hydrogen-bond acceptors (Lipinski definition) is 10. The number of hydrogen-bond donors (Lipinski definition) is 2. The summed E-state index contributed by atoms with van der Waals surface area (Å²) in [4.78, 5) is 50.0. The number of carbonyl (C=O) groups excluding carboxylic acids is 4. The van der Waals surface area contributed by atoms with Gasteiger partial charge in [-0.25, -0.2) is 19.2 Å². The molecule has 0 heterocycles. The standard InChI is InChI=1S/C41H32O10/c42-34-14-8-26(9-15-34)40(46)50-36-18-12-28-22-32(6-4-30(28)24-36)38(44)48-20-2-1-3-21-49-39(45)33-7-5-31-25-37(19-13-29(31)23-33)51-41(47)27-10-16-35(43)17-11-27/h4-19,22-25,42-43H,1-3,20-21H2. The SMILES string of the molecule is O=C(OCCCCCOC(=O)c1ccc2cc(OC(=O)c3ccc(O)cc3)ccc2c1)c1ccc2cc(OC(=O)c3ccc(O)cc3)ccc2c1. The van der Waals surface area contributed by atoms with Gasteiger partial charge in [0, 0.05) is 0 Å². The van der Waals surface area contributed by atoms with Crippen molar-refractivity contribution in [1.29, 1.82) is 0 Å². The topological polar surface area (TPSA) is 146 Å². The maximum atomic E-state index is 12.6. The Bertz CT molecular complexity index is 2060. The normalized spacial score (nSPS) is 10.8. The van der Waals surface area contributed by atoms with Gasteiger partial charge in [0.05, 0.1) is 35.5 Å². The van der Waals surface area contributed by atoms with Gasteiger partial charge in [-0.2, -0.15) is 0 Å². The van der Waals surface area contributed by atoms with Gasteiger partial charge >= 0.3 is 23.9 Å². The average Bonchev–Trinajstić information content (AvgIpc) is 3.14. The number of phenols is 2. The van der Waals surface area contributed by atoms with E-state index in [9.17, 15) is 29.4 Å². The molecule has 0 fully saturated rings. The first kappa shape index (κ1) is 34.2. The van der Waals surface area contributed by atoms with Crippen molar-refractivity contribution in [2.24, 2.45) is 0 Å². The zero-order valence-corrected chi connectivity index (χ0v) is 27.2. The van der Waals surface area contributed by atoms with Crippen LogP contribution in [0.5, 0.6) is 23.0 Å². The second-order valence-electron chi connectivity index (χ2n) is 11.7. The molecule has 6 aromatic rings. The minimum atomic E-state index is -0.552. The highest BCUT2D eigenvalue weighted by molar-refractivity contribution is 5.98. The predicted molar refractivity (Wildman–Crippen MR) is 188 cm³/mol. The highest BCUT2D eigenvalue weighted by Crippen LogP contribution is 2.25. The highest BCUT2D eigenvalue weighted by Gasteiger charge is 2.13. The molecule has 2 N–H and O–H groups in total. The Morgan fingerprint density at radius 3 is 1.16 bits per heavy atom. The third-order valence-electron chi connectivity index (χ3n) is 7.98. The Morgan fingerprint density at radius 2 is 0.745 bits per heavy atom. The number of esters is 4. The molecule has 0 spiro atoms. The molecule has 0 saturated heterocycles. The minimum absolute atomic E-state index is 0.0542. The van der Waals surface area contributed by atoms with Crippen LogP contribution in [0.25, 0.3) is 21.5 Å². The van der Waals surface area contributed by atoms with Crippen molar-refractivity contribution in [2.75, 3.05) is 13.2 Å². The molecule has 0 saturated carbocycles. The second kappa shape index (κ2) is 15.7. The smallest absolute Gasteiger partial charge is 0.343 e. The van der Waals surface area contributed by atoms with Crippen molar-refractivity contribution in [1.82, 2.24) is 0 Å². The maximum absolute atomic E-state index is 12.6. The lowest BCUT2D eigenvalue weighted by atomic mass is 10.1. The Kier molecular flexibility index (Phi) is 10.5. The van der Waals surface area contributed by atoms with Crippen LogP contribution in [0.15, 0.2) is 121 Å². The van der Waals surface area contributed by atoms with Gasteiger partial charge in [-0.05, 0) is 138 Å². The molecule has 0 aromatic heterocycles. The first-order chi connectivity index (χ1) is 24.7. The van der Waals surface area contributed by atoms with Crippen molar-refractivity contribution in [3.63, 3.8) is 0 Å². The first-order valence-electron chi connectivity index (χ1n) is 16.2. The third kappa shape index (κ3) is 8.87. The van der Waals surface area contributed by atoms with Gasteiger partial charge in [-0.1, -0.05) is 24.3 Å². The number of phenolic OH excluding ortho intramolecular Hbond substituents is 2. The molecule has 0 radical (unpaired) electrons. The van der Waals surface area contributed by atoms with E-state index in [1.165, 1.54) is 48.5 Å². The monoisotopic (exact) mass is 684 g/mol. The van der Waals surface area contributed by atoms with E-state index in [1.54, 1.807) is 72.8 Å². The molecule has 6 aromatic carbocycles. The summed E-state index contributed by atoms with van der Waals surface area (Å²) in [5.41, 5.74) is 1.40. The van der Waals surface area contributed by atoms with Crippen LogP contribution in [-0.2, 0) is 9.47 Å². The van der Waals surface area contributed by atoms with Crippen molar-refractivity contribution < 1.29 is 48.3 Å². The number of fused-ring (bicyclic) bond motifs is 2. The average molecular weight is 685 g/mol. The van der Waals surface area contributed by atoms with Crippen LogP contribution < -0.4 is 9.47 Å². The number of ether oxygens (including phenoxy) is 4. The number of carbonyl (C=O) groups is 4. The van der Waals surface area contributed by atoms with Crippen LogP contribution in [0.4, 0.5) is 0 Å². The molecule has 0 aliphatic carbocycles. The zero-order chi connectivity index (χ0) is 35.7. The summed E-state index contributed by atoms with van der Waals surface area (Å²) < 4.78 is 21.7. The molecule has 256 valence electrons. The van der Waals surface area contributed by atoms with Crippen molar-refractivity contribution in [2.45, 2.75) is 19.3 Å². The Balaban J connectivity index is 0.906. The Morgan fingerprint density at radius 1 is 0.392 bits per heavy atom. The van der Waals surface area contributed by atoms with Gasteiger partial charge in [0.25, 0.3) is 0 Å². The van der Waals surface area contributed by atoms with Crippen LogP contribution >= 0.6 is 0 Å². The fourth-order valence-electron chi connectivity index (χ4n) is 5.23. The lowest BCUT2D eigenvalue weighted by molar-refractivity contribution is 0.0477. The number of aromatic hydroxyl groups is 2. The van der Waals surface area contributed by atoms with E-state index >= 15 is 0 Å². The number of benzene rings is 6. The summed E-state index contributed by atoms with van der Waals surface area (Å²) in [7, 11) is 0. The van der Waals surface area contributed by atoms with E-state index in [2.05, 4.69) is 0 Å². The Labute approximate surface area is 292 Å². The molecule has 51 heavy (non-hydrogen) atoms. The molecule has 0 aliphatic heterocycles. The largest absolute Gasteiger partial charge is 0.508 e. The van der Waals surface area contributed by atoms with Crippen LogP contribution in [0.1, 0.15) is 60.7 Å². The summed E-state index contributed by atoms with van der Waals surface area (Å²) in [5.74, 6) is -1.20. The van der Waals surface area contributed by atoms with Gasteiger partial charge in [0.15, 0.2) is 0 Å². The summed E-state index contributed by atoms with van der Waals surface area (Å²) in [6.07, 6.45) is 1.89. The van der Waals surface area contributed by atoms with Crippen LogP contribution in [-0.4, -0.2) is 47.3 Å². The molecule has 0 atom stereocenters. The van der Waals surface area contributed by atoms with Gasteiger partial charge in [-0.3, -0.25) is 0 Å². The molecular formula is C41H32O10. The van der Waals surface area contributed by atoms with Crippen LogP contribution in [0, 0.1) is 0 Å². The van der Waals surface area contributed by atoms with E-state index in [0.29, 0.717) is 53.0 Å². The van der Waals surface area contributed by atoms with Crippen molar-refractivity contribution in [3.8, 4) is 23.0 Å². The fraction of sp³-hybridized carbons (Fsp3) is 0.122. The Hall–Kier alpha value is -6.68. The molecule has 0 aliphatic rings. The second-order valence-corrected chi connectivity index (χ2v) is 11.7. The van der Waals surface area contributed by atoms with E-state index in [0.717, 1.165) is 21.5 Å². The zero-order valence-electron chi connectivity index (χ0n) is 27.2. The summed E-state index contributed by atoms with van der Waals surface area (Å²) in [5, 5.41) is 21.9. The van der Waals surface area contributed by atoms with Crippen LogP contribution in [0.2, 0.25) is 0 Å². The molecule has 0 bridgehead atoms. The van der Waals surface area contributed by atoms with E-state index in [-0.39, 0.29) is 24.7 Å². The summed E-state index contributed by atoms with van der Waals surface area (Å²) in [6.45, 7) is 0.432. The summed E-state index contributed by atoms with van der Waals surface area (Å²) >= 11 is 0. The third-order valence-corrected chi connectivity index (χ3v) is 7.98.